The molecule has 0 radical (unpaired) electrons. The van der Waals surface area contributed by atoms with E-state index < -0.39 is 11.7 Å². The lowest BCUT2D eigenvalue weighted by Crippen LogP contribution is -2.16. The van der Waals surface area contributed by atoms with Crippen LogP contribution in [0.25, 0.3) is 0 Å². The SMILES string of the molecule is FC(F)(F)C1=CC=C2Oc3ccccc3SC=C2C1. The number of rotatable bonds is 0. The normalized spacial score (nSPS) is 18.2. The van der Waals surface area contributed by atoms with Crippen LogP contribution < -0.4 is 4.74 Å². The summed E-state index contributed by atoms with van der Waals surface area (Å²) in [5.74, 6) is 1.17. The summed E-state index contributed by atoms with van der Waals surface area (Å²) in [6.07, 6.45) is -1.95. The molecule has 0 amide bonds. The molecular weight excluding hydrogens is 273 g/mol. The summed E-state index contributed by atoms with van der Waals surface area (Å²) in [6.45, 7) is 0. The summed E-state index contributed by atoms with van der Waals surface area (Å²) in [5.41, 5.74) is 0.0219. The Kier molecular flexibility index (Phi) is 2.93. The lowest BCUT2D eigenvalue weighted by Gasteiger charge is -2.19. The van der Waals surface area contributed by atoms with Gasteiger partial charge in [-0.25, -0.2) is 0 Å². The van der Waals surface area contributed by atoms with Crippen molar-refractivity contribution < 1.29 is 17.9 Å². The van der Waals surface area contributed by atoms with E-state index in [0.717, 1.165) is 11.0 Å². The second-order valence-corrected chi connectivity index (χ2v) is 5.12. The van der Waals surface area contributed by atoms with Crippen molar-refractivity contribution >= 4 is 11.8 Å². The second kappa shape index (κ2) is 4.49. The van der Waals surface area contributed by atoms with Gasteiger partial charge in [-0.2, -0.15) is 13.2 Å². The van der Waals surface area contributed by atoms with Crippen molar-refractivity contribution in [3.8, 4) is 5.75 Å². The van der Waals surface area contributed by atoms with Crippen LogP contribution in [0.3, 0.4) is 0 Å². The van der Waals surface area contributed by atoms with Crippen LogP contribution in [0.5, 0.6) is 5.75 Å². The molecule has 0 fully saturated rings. The fourth-order valence-corrected chi connectivity index (χ4v) is 2.77. The lowest BCUT2D eigenvalue weighted by molar-refractivity contribution is -0.0933. The molecule has 0 saturated carbocycles. The lowest BCUT2D eigenvalue weighted by atomic mass is 9.99. The monoisotopic (exact) mass is 282 g/mol. The van der Waals surface area contributed by atoms with Crippen molar-refractivity contribution in [2.75, 3.05) is 0 Å². The minimum absolute atomic E-state index is 0.143. The van der Waals surface area contributed by atoms with Crippen LogP contribution in [-0.4, -0.2) is 6.18 Å². The van der Waals surface area contributed by atoms with E-state index in [4.69, 9.17) is 4.74 Å². The summed E-state index contributed by atoms with van der Waals surface area (Å²) in [5, 5.41) is 1.73. The van der Waals surface area contributed by atoms with Crippen LogP contribution in [0.1, 0.15) is 6.42 Å². The average molecular weight is 282 g/mol. The highest BCUT2D eigenvalue weighted by atomic mass is 32.2. The van der Waals surface area contributed by atoms with Gasteiger partial charge in [0, 0.05) is 17.6 Å². The molecule has 1 aliphatic carbocycles. The van der Waals surface area contributed by atoms with Crippen LogP contribution in [0.4, 0.5) is 13.2 Å². The Balaban J connectivity index is 1.97. The molecule has 1 aromatic rings. The van der Waals surface area contributed by atoms with Crippen molar-refractivity contribution in [3.05, 3.63) is 58.7 Å². The third kappa shape index (κ3) is 2.42. The number of alkyl halides is 3. The Morgan fingerprint density at radius 1 is 1.11 bits per heavy atom. The Morgan fingerprint density at radius 2 is 1.89 bits per heavy atom. The topological polar surface area (TPSA) is 9.23 Å². The van der Waals surface area contributed by atoms with Gasteiger partial charge in [0.1, 0.15) is 11.5 Å². The molecule has 1 aliphatic heterocycles. The summed E-state index contributed by atoms with van der Waals surface area (Å²) in [7, 11) is 0. The first-order valence-corrected chi connectivity index (χ1v) is 6.53. The van der Waals surface area contributed by atoms with Crippen molar-refractivity contribution in [1.29, 1.82) is 0 Å². The van der Waals surface area contributed by atoms with E-state index in [2.05, 4.69) is 0 Å². The number of thioether (sulfide) groups is 1. The maximum Gasteiger partial charge on any atom is 0.413 e. The van der Waals surface area contributed by atoms with Gasteiger partial charge in [0.25, 0.3) is 0 Å². The first-order valence-electron chi connectivity index (χ1n) is 5.65. The number of hydrogen-bond donors (Lipinski definition) is 0. The molecule has 0 saturated heterocycles. The first kappa shape index (κ1) is 12.4. The van der Waals surface area contributed by atoms with Crippen LogP contribution in [0.15, 0.2) is 63.6 Å². The zero-order valence-electron chi connectivity index (χ0n) is 9.70. The van der Waals surface area contributed by atoms with E-state index in [-0.39, 0.29) is 6.42 Å². The van der Waals surface area contributed by atoms with E-state index in [9.17, 15) is 13.2 Å². The highest BCUT2D eigenvalue weighted by Gasteiger charge is 2.36. The Hall–Kier alpha value is -1.62. The van der Waals surface area contributed by atoms with E-state index >= 15 is 0 Å². The molecule has 0 spiro atoms. The fraction of sp³-hybridized carbons (Fsp3) is 0.143. The maximum atomic E-state index is 12.7. The molecule has 19 heavy (non-hydrogen) atoms. The number of allylic oxidation sites excluding steroid dienone is 4. The molecule has 1 aromatic carbocycles. The fourth-order valence-electron chi connectivity index (χ4n) is 1.91. The Morgan fingerprint density at radius 3 is 2.68 bits per heavy atom. The quantitative estimate of drug-likeness (QED) is 0.674. The van der Waals surface area contributed by atoms with Gasteiger partial charge in [-0.3, -0.25) is 0 Å². The third-order valence-corrected chi connectivity index (χ3v) is 3.89. The predicted octanol–water partition coefficient (Wildman–Crippen LogP) is 4.83. The van der Waals surface area contributed by atoms with Crippen LogP contribution >= 0.6 is 11.8 Å². The molecule has 1 heterocycles. The first-order chi connectivity index (χ1) is 9.04. The van der Waals surface area contributed by atoms with Gasteiger partial charge in [-0.15, -0.1) is 0 Å². The zero-order chi connectivity index (χ0) is 13.5. The molecule has 0 aromatic heterocycles. The van der Waals surface area contributed by atoms with Gasteiger partial charge >= 0.3 is 6.18 Å². The summed E-state index contributed by atoms with van der Waals surface area (Å²) in [4.78, 5) is 0.902. The molecule has 2 aliphatic rings. The molecule has 0 bridgehead atoms. The van der Waals surface area contributed by atoms with Crippen molar-refractivity contribution in [1.82, 2.24) is 0 Å². The number of ether oxygens (including phenoxy) is 1. The molecular formula is C14H9F3OS. The van der Waals surface area contributed by atoms with Crippen LogP contribution in [0, 0.1) is 0 Å². The van der Waals surface area contributed by atoms with Crippen LogP contribution in [0.2, 0.25) is 0 Å². The van der Waals surface area contributed by atoms with Crippen molar-refractivity contribution in [3.63, 3.8) is 0 Å². The summed E-state index contributed by atoms with van der Waals surface area (Å²) >= 11 is 1.39. The Labute approximate surface area is 112 Å². The molecule has 0 unspecified atom stereocenters. The van der Waals surface area contributed by atoms with Gasteiger partial charge in [0.15, 0.2) is 0 Å². The minimum Gasteiger partial charge on any atom is -0.456 e. The van der Waals surface area contributed by atoms with Gasteiger partial charge in [0.05, 0.1) is 4.90 Å². The van der Waals surface area contributed by atoms with E-state index in [1.54, 1.807) is 5.41 Å². The van der Waals surface area contributed by atoms with Gasteiger partial charge < -0.3 is 4.74 Å². The molecule has 3 rings (SSSR count). The molecule has 5 heteroatoms. The predicted molar refractivity (Wildman–Crippen MR) is 67.8 cm³/mol. The number of para-hydroxylation sites is 1. The Bertz CT molecular complexity index is 611. The maximum absolute atomic E-state index is 12.7. The highest BCUT2D eigenvalue weighted by Crippen LogP contribution is 2.42. The molecule has 0 atom stereocenters. The molecule has 1 nitrogen and oxygen atoms in total. The summed E-state index contributed by atoms with van der Waals surface area (Å²) in [6, 6.07) is 7.40. The molecule has 98 valence electrons. The smallest absolute Gasteiger partial charge is 0.413 e. The average Bonchev–Trinajstić information content (AvgIpc) is 2.55. The third-order valence-electron chi connectivity index (χ3n) is 2.89. The zero-order valence-corrected chi connectivity index (χ0v) is 10.5. The van der Waals surface area contributed by atoms with Gasteiger partial charge in [-0.1, -0.05) is 30.0 Å². The standard InChI is InChI=1S/C14H9F3OS/c15-14(16,17)10-5-6-11-9(7-10)8-19-13-4-2-1-3-12(13)18-11/h1-6,8H,7H2. The van der Waals surface area contributed by atoms with Gasteiger partial charge in [-0.05, 0) is 23.6 Å². The van der Waals surface area contributed by atoms with E-state index in [1.807, 2.05) is 24.3 Å². The van der Waals surface area contributed by atoms with E-state index in [1.165, 1.54) is 17.8 Å². The number of hydrogen-bond acceptors (Lipinski definition) is 2. The highest BCUT2D eigenvalue weighted by molar-refractivity contribution is 8.02. The summed E-state index contributed by atoms with van der Waals surface area (Å²) < 4.78 is 43.8. The van der Waals surface area contributed by atoms with Crippen LogP contribution in [-0.2, 0) is 0 Å². The minimum atomic E-state index is -4.29. The molecule has 0 N–H and O–H groups in total. The number of halogens is 3. The largest absolute Gasteiger partial charge is 0.456 e. The van der Waals surface area contributed by atoms with E-state index in [0.29, 0.717) is 17.1 Å². The van der Waals surface area contributed by atoms with Gasteiger partial charge in [0.2, 0.25) is 0 Å². The second-order valence-electron chi connectivity index (χ2n) is 4.21. The van der Waals surface area contributed by atoms with Crippen molar-refractivity contribution in [2.45, 2.75) is 17.5 Å². The number of benzene rings is 1. The van der Waals surface area contributed by atoms with Crippen molar-refractivity contribution in [2.24, 2.45) is 0 Å². The number of fused-ring (bicyclic) bond motifs is 2.